The minimum absolute atomic E-state index is 0.336. The Morgan fingerprint density at radius 1 is 0.966 bits per heavy atom. The molecule has 2 aromatic heterocycles. The van der Waals surface area contributed by atoms with Gasteiger partial charge in [0.1, 0.15) is 17.5 Å². The number of fused-ring (bicyclic) bond motifs is 2. The van der Waals surface area contributed by atoms with Crippen molar-refractivity contribution in [2.45, 2.75) is 13.0 Å². The number of aromatic nitrogens is 3. The Morgan fingerprint density at radius 2 is 1.83 bits per heavy atom. The largest absolute Gasteiger partial charge is 0.435 e. The van der Waals surface area contributed by atoms with E-state index in [9.17, 15) is 0 Å². The molecule has 4 aromatic rings. The van der Waals surface area contributed by atoms with Gasteiger partial charge in [0.2, 0.25) is 5.88 Å². The molecule has 2 N–H and O–H groups in total. The summed E-state index contributed by atoms with van der Waals surface area (Å²) in [5, 5.41) is 0.963. The number of pyridine rings is 1. The Balaban J connectivity index is 1.49. The molecule has 1 aliphatic heterocycles. The lowest BCUT2D eigenvalue weighted by Gasteiger charge is -2.30. The fourth-order valence-corrected chi connectivity index (χ4v) is 4.13. The van der Waals surface area contributed by atoms with Crippen molar-refractivity contribution in [2.75, 3.05) is 17.2 Å². The van der Waals surface area contributed by atoms with Gasteiger partial charge in [-0.3, -0.25) is 4.98 Å². The second kappa shape index (κ2) is 7.33. The van der Waals surface area contributed by atoms with Crippen LogP contribution >= 0.6 is 15.9 Å². The predicted molar refractivity (Wildman–Crippen MR) is 117 cm³/mol. The van der Waals surface area contributed by atoms with Gasteiger partial charge < -0.3 is 15.4 Å². The van der Waals surface area contributed by atoms with Crippen LogP contribution < -0.4 is 15.4 Å². The summed E-state index contributed by atoms with van der Waals surface area (Å²) in [7, 11) is 0. The molecule has 0 bridgehead atoms. The average molecular weight is 448 g/mol. The first-order valence-corrected chi connectivity index (χ1v) is 10.1. The van der Waals surface area contributed by atoms with Crippen molar-refractivity contribution in [1.82, 2.24) is 15.0 Å². The molecule has 0 radical (unpaired) electrons. The minimum Gasteiger partial charge on any atom is -0.435 e. The van der Waals surface area contributed by atoms with Crippen molar-refractivity contribution in [3.63, 3.8) is 0 Å². The first-order chi connectivity index (χ1) is 14.2. The van der Waals surface area contributed by atoms with Crippen LogP contribution in [0.1, 0.15) is 11.1 Å². The van der Waals surface area contributed by atoms with Crippen LogP contribution in [0.4, 0.5) is 11.5 Å². The first-order valence-electron chi connectivity index (χ1n) is 9.34. The van der Waals surface area contributed by atoms with Crippen LogP contribution in [0, 0.1) is 0 Å². The number of ether oxygens (including phenoxy) is 1. The fourth-order valence-electron chi connectivity index (χ4n) is 3.68. The summed E-state index contributed by atoms with van der Waals surface area (Å²) in [6, 6.07) is 16.1. The molecule has 0 saturated heterocycles. The van der Waals surface area contributed by atoms with Crippen molar-refractivity contribution in [3.8, 4) is 11.6 Å². The number of anilines is 2. The third-order valence-corrected chi connectivity index (χ3v) is 5.83. The topological polar surface area (TPSA) is 77.2 Å². The molecule has 1 aliphatic rings. The summed E-state index contributed by atoms with van der Waals surface area (Å²) in [5.41, 5.74) is 10.3. The summed E-state index contributed by atoms with van der Waals surface area (Å²) in [6.45, 7) is 1.61. The van der Waals surface area contributed by atoms with Crippen LogP contribution in [0.15, 0.2) is 65.5 Å². The Labute approximate surface area is 176 Å². The van der Waals surface area contributed by atoms with Crippen molar-refractivity contribution >= 4 is 38.3 Å². The highest BCUT2D eigenvalue weighted by Gasteiger charge is 2.22. The van der Waals surface area contributed by atoms with Gasteiger partial charge in [-0.15, -0.1) is 0 Å². The number of hydrogen-bond acceptors (Lipinski definition) is 6. The molecule has 0 saturated carbocycles. The van der Waals surface area contributed by atoms with Crippen molar-refractivity contribution in [1.29, 1.82) is 0 Å². The van der Waals surface area contributed by atoms with Crippen LogP contribution in [-0.2, 0) is 13.0 Å². The number of benzene rings is 2. The van der Waals surface area contributed by atoms with Crippen LogP contribution in [0.3, 0.4) is 0 Å². The third-order valence-electron chi connectivity index (χ3n) is 5.14. The number of nitrogen functional groups attached to an aromatic ring is 1. The fraction of sp³-hybridized carbons (Fsp3) is 0.136. The lowest BCUT2D eigenvalue weighted by Crippen LogP contribution is -2.31. The molecule has 3 heterocycles. The van der Waals surface area contributed by atoms with Gasteiger partial charge >= 0.3 is 0 Å². The number of rotatable bonds is 3. The summed E-state index contributed by atoms with van der Waals surface area (Å²) in [5.74, 6) is 1.63. The third kappa shape index (κ3) is 3.27. The van der Waals surface area contributed by atoms with Gasteiger partial charge in [-0.05, 0) is 35.7 Å². The van der Waals surface area contributed by atoms with E-state index < -0.39 is 0 Å². The summed E-state index contributed by atoms with van der Waals surface area (Å²) in [6.07, 6.45) is 4.19. The molecule has 0 aliphatic carbocycles. The second-order valence-electron chi connectivity index (χ2n) is 6.90. The lowest BCUT2D eigenvalue weighted by atomic mass is 10.00. The molecule has 0 amide bonds. The zero-order valence-corrected chi connectivity index (χ0v) is 17.1. The monoisotopic (exact) mass is 447 g/mol. The average Bonchev–Trinajstić information content (AvgIpc) is 2.77. The van der Waals surface area contributed by atoms with E-state index in [1.165, 1.54) is 17.5 Å². The normalized spacial score (nSPS) is 13.3. The van der Waals surface area contributed by atoms with Crippen LogP contribution in [0.2, 0.25) is 0 Å². The predicted octanol–water partition coefficient (Wildman–Crippen LogP) is 4.72. The molecule has 29 heavy (non-hydrogen) atoms. The molecule has 2 aromatic carbocycles. The number of halogens is 1. The van der Waals surface area contributed by atoms with E-state index in [4.69, 9.17) is 10.5 Å². The van der Waals surface area contributed by atoms with Crippen molar-refractivity contribution in [2.24, 2.45) is 0 Å². The molecule has 0 unspecified atom stereocenters. The molecular weight excluding hydrogens is 430 g/mol. The number of hydrogen-bond donors (Lipinski definition) is 1. The highest BCUT2D eigenvalue weighted by Crippen LogP contribution is 2.37. The maximum absolute atomic E-state index is 6.43. The molecular formula is C22H18BrN5O. The molecule has 6 nitrogen and oxygen atoms in total. The van der Waals surface area contributed by atoms with Crippen molar-refractivity contribution in [3.05, 3.63) is 76.7 Å². The summed E-state index contributed by atoms with van der Waals surface area (Å²) >= 11 is 3.56. The van der Waals surface area contributed by atoms with E-state index in [1.54, 1.807) is 6.20 Å². The standard InChI is InChI=1S/C22H18BrN5O/c23-17-7-8-18(20-16(17)6-3-10-25-20)29-22-19(24)21(26-13-27-22)28-11-9-14-4-1-2-5-15(14)12-28/h1-8,10,13H,9,11-12,24H2. The van der Waals surface area contributed by atoms with Crippen LogP contribution in [0.5, 0.6) is 11.6 Å². The summed E-state index contributed by atoms with van der Waals surface area (Å²) in [4.78, 5) is 15.3. The Kier molecular flexibility index (Phi) is 4.52. The highest BCUT2D eigenvalue weighted by molar-refractivity contribution is 9.10. The SMILES string of the molecule is Nc1c(Oc2ccc(Br)c3cccnc23)ncnc1N1CCc2ccccc2C1. The molecule has 5 rings (SSSR count). The molecule has 0 fully saturated rings. The zero-order valence-electron chi connectivity index (χ0n) is 15.5. The van der Waals surface area contributed by atoms with Gasteiger partial charge in [0.25, 0.3) is 0 Å². The van der Waals surface area contributed by atoms with Crippen LogP contribution in [-0.4, -0.2) is 21.5 Å². The Morgan fingerprint density at radius 3 is 2.72 bits per heavy atom. The van der Waals surface area contributed by atoms with E-state index in [-0.39, 0.29) is 0 Å². The van der Waals surface area contributed by atoms with Gasteiger partial charge in [-0.2, -0.15) is 4.98 Å². The molecule has 7 heteroatoms. The first kappa shape index (κ1) is 17.9. The maximum atomic E-state index is 6.43. The van der Waals surface area contributed by atoms with E-state index in [2.05, 4.69) is 60.0 Å². The van der Waals surface area contributed by atoms with Gasteiger partial charge in [0.15, 0.2) is 11.6 Å². The van der Waals surface area contributed by atoms with Crippen molar-refractivity contribution < 1.29 is 4.74 Å². The van der Waals surface area contributed by atoms with Gasteiger partial charge in [0, 0.05) is 29.1 Å². The Hall–Kier alpha value is -3.19. The van der Waals surface area contributed by atoms with Gasteiger partial charge in [-0.25, -0.2) is 4.98 Å². The van der Waals surface area contributed by atoms with E-state index in [1.807, 2.05) is 24.3 Å². The maximum Gasteiger partial charge on any atom is 0.248 e. The highest BCUT2D eigenvalue weighted by atomic mass is 79.9. The number of nitrogens with zero attached hydrogens (tertiary/aromatic N) is 4. The minimum atomic E-state index is 0.336. The smallest absolute Gasteiger partial charge is 0.248 e. The summed E-state index contributed by atoms with van der Waals surface area (Å²) < 4.78 is 7.05. The quantitative estimate of drug-likeness (QED) is 0.489. The second-order valence-corrected chi connectivity index (χ2v) is 7.76. The zero-order chi connectivity index (χ0) is 19.8. The lowest BCUT2D eigenvalue weighted by molar-refractivity contribution is 0.468. The molecule has 0 atom stereocenters. The van der Waals surface area contributed by atoms with E-state index >= 15 is 0 Å². The van der Waals surface area contributed by atoms with Gasteiger partial charge in [-0.1, -0.05) is 46.3 Å². The van der Waals surface area contributed by atoms with E-state index in [0.29, 0.717) is 23.1 Å². The number of nitrogens with two attached hydrogens (primary N) is 1. The molecule has 0 spiro atoms. The van der Waals surface area contributed by atoms with E-state index in [0.717, 1.165) is 34.9 Å². The molecule has 144 valence electrons. The van der Waals surface area contributed by atoms with Gasteiger partial charge in [0.05, 0.1) is 0 Å². The Bertz CT molecular complexity index is 1210. The van der Waals surface area contributed by atoms with Crippen LogP contribution in [0.25, 0.3) is 10.9 Å².